The summed E-state index contributed by atoms with van der Waals surface area (Å²) in [5, 5.41) is 3.75. The number of carbonyl (C=O) groups is 1. The van der Waals surface area contributed by atoms with Gasteiger partial charge in [-0.2, -0.15) is 0 Å². The number of benzene rings is 3. The van der Waals surface area contributed by atoms with Crippen molar-refractivity contribution in [2.45, 2.75) is 18.0 Å². The lowest BCUT2D eigenvalue weighted by Gasteiger charge is -2.31. The average Bonchev–Trinajstić information content (AvgIpc) is 2.79. The number of carbonyl (C=O) groups excluding carboxylic acids is 1. The van der Waals surface area contributed by atoms with Crippen LogP contribution >= 0.6 is 23.4 Å². The second-order valence-corrected chi connectivity index (χ2v) is 8.68. The summed E-state index contributed by atoms with van der Waals surface area (Å²) in [6, 6.07) is 21.6. The molecule has 0 saturated heterocycles. The van der Waals surface area contributed by atoms with E-state index in [2.05, 4.69) is 28.4 Å². The third-order valence-corrected chi connectivity index (χ3v) is 6.37. The van der Waals surface area contributed by atoms with Crippen molar-refractivity contribution in [3.05, 3.63) is 88.4 Å². The van der Waals surface area contributed by atoms with E-state index < -0.39 is 0 Å². The molecule has 1 heterocycles. The predicted octanol–water partition coefficient (Wildman–Crippen LogP) is 5.39. The lowest BCUT2D eigenvalue weighted by Crippen LogP contribution is -2.29. The highest BCUT2D eigenvalue weighted by Gasteiger charge is 2.19. The molecule has 1 aliphatic rings. The zero-order valence-corrected chi connectivity index (χ0v) is 18.3. The van der Waals surface area contributed by atoms with E-state index in [0.29, 0.717) is 12.1 Å². The van der Waals surface area contributed by atoms with Crippen LogP contribution in [0.1, 0.15) is 21.5 Å². The number of amides is 1. The van der Waals surface area contributed by atoms with Crippen molar-refractivity contribution in [2.24, 2.45) is 0 Å². The molecule has 0 spiro atoms. The molecule has 6 heteroatoms. The van der Waals surface area contributed by atoms with Gasteiger partial charge in [-0.1, -0.05) is 35.9 Å². The number of hydrogen-bond donors (Lipinski definition) is 1. The average molecular weight is 439 g/mol. The second-order valence-electron chi connectivity index (χ2n) is 7.11. The molecule has 1 aliphatic heterocycles. The lowest BCUT2D eigenvalue weighted by atomic mass is 10.1. The first kappa shape index (κ1) is 20.6. The van der Waals surface area contributed by atoms with Gasteiger partial charge in [-0.05, 0) is 53.6 Å². The maximum Gasteiger partial charge on any atom is 0.251 e. The minimum Gasteiger partial charge on any atom is -0.497 e. The van der Waals surface area contributed by atoms with Crippen LogP contribution in [0.25, 0.3) is 0 Å². The molecule has 4 nitrogen and oxygen atoms in total. The smallest absolute Gasteiger partial charge is 0.251 e. The first-order valence-electron chi connectivity index (χ1n) is 9.80. The molecule has 3 aromatic rings. The van der Waals surface area contributed by atoms with Crippen LogP contribution in [-0.4, -0.2) is 25.3 Å². The number of ether oxygens (including phenoxy) is 1. The predicted molar refractivity (Wildman–Crippen MR) is 124 cm³/mol. The van der Waals surface area contributed by atoms with Crippen LogP contribution < -0.4 is 15.0 Å². The lowest BCUT2D eigenvalue weighted by molar-refractivity contribution is 0.0951. The largest absolute Gasteiger partial charge is 0.497 e. The quantitative estimate of drug-likeness (QED) is 0.560. The van der Waals surface area contributed by atoms with Crippen molar-refractivity contribution < 1.29 is 9.53 Å². The number of hydrogen-bond acceptors (Lipinski definition) is 4. The van der Waals surface area contributed by atoms with Gasteiger partial charge in [-0.25, -0.2) is 0 Å². The van der Waals surface area contributed by atoms with Gasteiger partial charge in [-0.3, -0.25) is 4.79 Å². The van der Waals surface area contributed by atoms with Gasteiger partial charge in [0, 0.05) is 40.9 Å². The van der Waals surface area contributed by atoms with Crippen LogP contribution in [0.4, 0.5) is 5.69 Å². The van der Waals surface area contributed by atoms with Crippen LogP contribution in [0.2, 0.25) is 5.02 Å². The van der Waals surface area contributed by atoms with Crippen molar-refractivity contribution in [1.29, 1.82) is 0 Å². The number of rotatable bonds is 6. The Labute approximate surface area is 186 Å². The Balaban J connectivity index is 1.46. The number of fused-ring (bicyclic) bond motifs is 1. The third kappa shape index (κ3) is 4.91. The highest BCUT2D eigenvalue weighted by Crippen LogP contribution is 2.36. The van der Waals surface area contributed by atoms with Gasteiger partial charge in [0.15, 0.2) is 0 Å². The van der Waals surface area contributed by atoms with Crippen molar-refractivity contribution in [2.75, 3.05) is 24.3 Å². The van der Waals surface area contributed by atoms with Crippen molar-refractivity contribution >= 4 is 35.0 Å². The topological polar surface area (TPSA) is 41.6 Å². The van der Waals surface area contributed by atoms with E-state index in [-0.39, 0.29) is 5.91 Å². The Bertz CT molecular complexity index is 1020. The number of halogens is 1. The number of nitrogens with one attached hydrogen (secondary N) is 1. The summed E-state index contributed by atoms with van der Waals surface area (Å²) >= 11 is 7.85. The summed E-state index contributed by atoms with van der Waals surface area (Å²) in [5.74, 6) is 1.76. The Morgan fingerprint density at radius 3 is 2.53 bits per heavy atom. The molecular formula is C24H23ClN2O2S. The van der Waals surface area contributed by atoms with Crippen LogP contribution in [0.5, 0.6) is 5.75 Å². The minimum atomic E-state index is -0.0735. The summed E-state index contributed by atoms with van der Waals surface area (Å²) < 4.78 is 5.17. The molecule has 1 amide bonds. The normalized spacial score (nSPS) is 12.9. The summed E-state index contributed by atoms with van der Waals surface area (Å²) in [5.41, 5.74) is 4.01. The molecule has 30 heavy (non-hydrogen) atoms. The van der Waals surface area contributed by atoms with Crippen molar-refractivity contribution in [3.8, 4) is 5.75 Å². The first-order valence-corrected chi connectivity index (χ1v) is 11.2. The maximum absolute atomic E-state index is 12.8. The fourth-order valence-corrected chi connectivity index (χ4v) is 4.57. The zero-order chi connectivity index (χ0) is 20.9. The molecule has 154 valence electrons. The van der Waals surface area contributed by atoms with Gasteiger partial charge in [-0.15, -0.1) is 11.8 Å². The van der Waals surface area contributed by atoms with Crippen molar-refractivity contribution in [1.82, 2.24) is 5.32 Å². The van der Waals surface area contributed by atoms with Crippen LogP contribution in [0.3, 0.4) is 0 Å². The monoisotopic (exact) mass is 438 g/mol. The molecule has 0 atom stereocenters. The van der Waals surface area contributed by atoms with Crippen LogP contribution in [0, 0.1) is 0 Å². The zero-order valence-electron chi connectivity index (χ0n) is 16.7. The Morgan fingerprint density at radius 1 is 1.07 bits per heavy atom. The number of anilines is 1. The van der Waals surface area contributed by atoms with Crippen LogP contribution in [-0.2, 0) is 13.1 Å². The highest BCUT2D eigenvalue weighted by atomic mass is 35.5. The molecule has 0 radical (unpaired) electrons. The number of nitrogens with zero attached hydrogens (tertiary/aromatic N) is 1. The molecule has 0 fully saturated rings. The van der Waals surface area contributed by atoms with Gasteiger partial charge in [0.2, 0.25) is 0 Å². The molecule has 3 aromatic carbocycles. The minimum absolute atomic E-state index is 0.0735. The number of methoxy groups -OCH3 is 1. The summed E-state index contributed by atoms with van der Waals surface area (Å²) in [6.07, 6.45) is 0. The third-order valence-electron chi connectivity index (χ3n) is 5.08. The molecule has 1 N–H and O–H groups in total. The fraction of sp³-hybridized carbons (Fsp3) is 0.208. The van der Waals surface area contributed by atoms with Gasteiger partial charge in [0.25, 0.3) is 5.91 Å². The van der Waals surface area contributed by atoms with Gasteiger partial charge in [0.05, 0.1) is 12.8 Å². The molecule has 0 aromatic heterocycles. The maximum atomic E-state index is 12.8. The summed E-state index contributed by atoms with van der Waals surface area (Å²) in [6.45, 7) is 2.21. The fourth-order valence-electron chi connectivity index (χ4n) is 3.42. The SMILES string of the molecule is COc1ccc(CNC(=O)c2ccc3c(c2)N(Cc2ccc(Cl)cc2)CCS3)cc1. The summed E-state index contributed by atoms with van der Waals surface area (Å²) in [7, 11) is 1.64. The van der Waals surface area contributed by atoms with Crippen LogP contribution in [0.15, 0.2) is 71.6 Å². The van der Waals surface area contributed by atoms with E-state index in [1.807, 2.05) is 60.3 Å². The van der Waals surface area contributed by atoms with E-state index in [9.17, 15) is 4.79 Å². The van der Waals surface area contributed by atoms with Gasteiger partial charge in [0.1, 0.15) is 5.75 Å². The molecule has 0 saturated carbocycles. The number of thioether (sulfide) groups is 1. The van der Waals surface area contributed by atoms with E-state index >= 15 is 0 Å². The second kappa shape index (κ2) is 9.45. The molecule has 4 rings (SSSR count). The van der Waals surface area contributed by atoms with E-state index in [1.54, 1.807) is 7.11 Å². The van der Waals surface area contributed by atoms with E-state index in [0.717, 1.165) is 40.9 Å². The van der Waals surface area contributed by atoms with Gasteiger partial charge < -0.3 is 15.0 Å². The molecule has 0 aliphatic carbocycles. The summed E-state index contributed by atoms with van der Waals surface area (Å²) in [4.78, 5) is 16.3. The highest BCUT2D eigenvalue weighted by molar-refractivity contribution is 7.99. The standard InChI is InChI=1S/C24H23ClN2O2S/c1-29-21-9-4-17(5-10-21)15-26-24(28)19-6-11-23-22(14-19)27(12-13-30-23)16-18-2-7-20(25)8-3-18/h2-11,14H,12-13,15-16H2,1H3,(H,26,28). The molecular weight excluding hydrogens is 416 g/mol. The van der Waals surface area contributed by atoms with Crippen molar-refractivity contribution in [3.63, 3.8) is 0 Å². The molecule has 0 bridgehead atoms. The van der Waals surface area contributed by atoms with E-state index in [1.165, 1.54) is 10.5 Å². The Hall–Kier alpha value is -2.63. The molecule has 0 unspecified atom stereocenters. The first-order chi connectivity index (χ1) is 14.6. The van der Waals surface area contributed by atoms with E-state index in [4.69, 9.17) is 16.3 Å². The Kier molecular flexibility index (Phi) is 6.50. The Morgan fingerprint density at radius 2 is 1.80 bits per heavy atom. The van der Waals surface area contributed by atoms with Gasteiger partial charge >= 0.3 is 0 Å².